The largest absolute Gasteiger partial charge is 0.472 e. The van der Waals surface area contributed by atoms with Crippen LogP contribution in [-0.4, -0.2) is 96.7 Å². The zero-order valence-corrected chi connectivity index (χ0v) is 68.0. The summed E-state index contributed by atoms with van der Waals surface area (Å²) in [6.07, 6.45) is 64.2. The predicted octanol–water partition coefficient (Wildman–Crippen LogP) is 24.7. The van der Waals surface area contributed by atoms with E-state index in [1.807, 2.05) is 0 Å². The van der Waals surface area contributed by atoms with Crippen LogP contribution in [0.5, 0.6) is 0 Å². The fraction of sp³-hybridized carbons (Fsp3) is 0.951. The molecule has 0 heterocycles. The van der Waals surface area contributed by atoms with Crippen LogP contribution in [-0.2, 0) is 65.4 Å². The van der Waals surface area contributed by atoms with Crippen LogP contribution >= 0.6 is 15.6 Å². The molecule has 0 bridgehead atoms. The zero-order valence-electron chi connectivity index (χ0n) is 66.2. The molecule has 17 nitrogen and oxygen atoms in total. The lowest BCUT2D eigenvalue weighted by Gasteiger charge is -2.21. The number of hydrogen-bond acceptors (Lipinski definition) is 15. The molecule has 0 aliphatic heterocycles. The van der Waals surface area contributed by atoms with Gasteiger partial charge in [0.1, 0.15) is 19.3 Å². The van der Waals surface area contributed by atoms with Gasteiger partial charge in [0.25, 0.3) is 0 Å². The van der Waals surface area contributed by atoms with Gasteiger partial charge in [-0.25, -0.2) is 9.13 Å². The summed E-state index contributed by atoms with van der Waals surface area (Å²) in [6.45, 7) is 9.55. The fourth-order valence-electron chi connectivity index (χ4n) is 12.7. The van der Waals surface area contributed by atoms with E-state index in [0.29, 0.717) is 25.7 Å². The maximum Gasteiger partial charge on any atom is 0.472 e. The summed E-state index contributed by atoms with van der Waals surface area (Å²) in [5, 5.41) is 10.6. The summed E-state index contributed by atoms with van der Waals surface area (Å²) >= 11 is 0. The summed E-state index contributed by atoms with van der Waals surface area (Å²) in [5.74, 6) is -0.664. The van der Waals surface area contributed by atoms with Gasteiger partial charge >= 0.3 is 39.5 Å². The van der Waals surface area contributed by atoms with Crippen molar-refractivity contribution in [3.8, 4) is 0 Å². The van der Waals surface area contributed by atoms with E-state index in [-0.39, 0.29) is 25.7 Å². The van der Waals surface area contributed by atoms with Crippen molar-refractivity contribution in [2.45, 2.75) is 452 Å². The first-order chi connectivity index (χ1) is 48.9. The second-order valence-corrected chi connectivity index (χ2v) is 33.1. The Bertz CT molecular complexity index is 1940. The maximum atomic E-state index is 13.1. The number of carbonyl (C=O) groups is 4. The van der Waals surface area contributed by atoms with Crippen LogP contribution in [0.15, 0.2) is 0 Å². The molecule has 0 fully saturated rings. The molecule has 3 N–H and O–H groups in total. The van der Waals surface area contributed by atoms with Crippen molar-refractivity contribution in [2.24, 2.45) is 11.8 Å². The predicted molar refractivity (Wildman–Crippen MR) is 414 cm³/mol. The number of rotatable bonds is 81. The molecule has 6 atom stereocenters. The summed E-state index contributed by atoms with van der Waals surface area (Å²) in [4.78, 5) is 73.0. The highest BCUT2D eigenvalue weighted by atomic mass is 31.2. The quantitative estimate of drug-likeness (QED) is 0.0222. The Hall–Kier alpha value is -1.94. The molecule has 0 aromatic rings. The van der Waals surface area contributed by atoms with Crippen LogP contribution in [0.25, 0.3) is 0 Å². The molecule has 0 spiro atoms. The van der Waals surface area contributed by atoms with Crippen LogP contribution in [0.1, 0.15) is 433 Å². The second-order valence-electron chi connectivity index (χ2n) is 30.2. The van der Waals surface area contributed by atoms with Crippen molar-refractivity contribution in [3.63, 3.8) is 0 Å². The number of aliphatic hydroxyl groups is 1. The SMILES string of the molecule is CCCCCCCCCCCCCCCCCCCCCCCC(=O)O[C@H](COC(=O)CCCCCCCCCCCCCCCCCCCCC)COP(=O)(O)OC[C@@H](O)COP(=O)(O)OC[C@@H](COC(=O)CCCCCCCCC(C)CC)OC(=O)CCCCCCCCCCC(C)C. The third-order valence-electron chi connectivity index (χ3n) is 19.6. The Morgan fingerprint density at radius 3 is 0.752 bits per heavy atom. The fourth-order valence-corrected chi connectivity index (χ4v) is 14.3. The van der Waals surface area contributed by atoms with E-state index in [9.17, 15) is 43.2 Å². The summed E-state index contributed by atoms with van der Waals surface area (Å²) in [6, 6.07) is 0. The minimum Gasteiger partial charge on any atom is -0.462 e. The van der Waals surface area contributed by atoms with E-state index in [4.69, 9.17) is 37.0 Å². The number of esters is 4. The maximum absolute atomic E-state index is 13.1. The van der Waals surface area contributed by atoms with E-state index >= 15 is 0 Å². The minimum atomic E-state index is -4.96. The molecular weight excluding hydrogens is 1320 g/mol. The van der Waals surface area contributed by atoms with Gasteiger partial charge in [-0.05, 0) is 37.5 Å². The van der Waals surface area contributed by atoms with Gasteiger partial charge in [-0.15, -0.1) is 0 Å². The lowest BCUT2D eigenvalue weighted by atomic mass is 10.00. The van der Waals surface area contributed by atoms with Gasteiger partial charge in [0.05, 0.1) is 26.4 Å². The highest BCUT2D eigenvalue weighted by Crippen LogP contribution is 2.45. The van der Waals surface area contributed by atoms with Crippen LogP contribution in [0.2, 0.25) is 0 Å². The highest BCUT2D eigenvalue weighted by Gasteiger charge is 2.30. The normalized spacial score (nSPS) is 14.2. The lowest BCUT2D eigenvalue weighted by Crippen LogP contribution is -2.30. The van der Waals surface area contributed by atoms with Gasteiger partial charge in [-0.3, -0.25) is 37.3 Å². The molecule has 0 aromatic carbocycles. The number of phosphoric acid groups is 2. The topological polar surface area (TPSA) is 237 Å². The first-order valence-corrected chi connectivity index (χ1v) is 45.5. The molecule has 0 saturated carbocycles. The minimum absolute atomic E-state index is 0.104. The van der Waals surface area contributed by atoms with Gasteiger partial charge in [-0.1, -0.05) is 382 Å². The average Bonchev–Trinajstić information content (AvgIpc) is 0.927. The molecule has 0 radical (unpaired) electrons. The number of hydrogen-bond donors (Lipinski definition) is 3. The highest BCUT2D eigenvalue weighted by molar-refractivity contribution is 7.47. The Balaban J connectivity index is 5.20. The Kier molecular flexibility index (Phi) is 72.2. The van der Waals surface area contributed by atoms with Crippen LogP contribution < -0.4 is 0 Å². The smallest absolute Gasteiger partial charge is 0.462 e. The average molecular weight is 1480 g/mol. The lowest BCUT2D eigenvalue weighted by molar-refractivity contribution is -0.161. The first kappa shape index (κ1) is 99.1. The van der Waals surface area contributed by atoms with Gasteiger partial charge < -0.3 is 33.8 Å². The Morgan fingerprint density at radius 1 is 0.287 bits per heavy atom. The zero-order chi connectivity index (χ0) is 74.2. The Morgan fingerprint density at radius 2 is 0.505 bits per heavy atom. The molecule has 0 aromatic heterocycles. The second kappa shape index (κ2) is 73.6. The molecular formula is C82H160O17P2. The van der Waals surface area contributed by atoms with Crippen LogP contribution in [0.3, 0.4) is 0 Å². The summed E-state index contributed by atoms with van der Waals surface area (Å²) in [7, 11) is -9.92. The number of aliphatic hydroxyl groups excluding tert-OH is 1. The summed E-state index contributed by atoms with van der Waals surface area (Å²) in [5.41, 5.74) is 0. The molecule has 0 rings (SSSR count). The van der Waals surface area contributed by atoms with E-state index in [0.717, 1.165) is 108 Å². The van der Waals surface area contributed by atoms with Gasteiger partial charge in [0.2, 0.25) is 0 Å². The number of ether oxygens (including phenoxy) is 4. The third kappa shape index (κ3) is 74.7. The molecule has 3 unspecified atom stereocenters. The van der Waals surface area contributed by atoms with Crippen LogP contribution in [0.4, 0.5) is 0 Å². The number of unbranched alkanes of at least 4 members (excludes halogenated alkanes) is 50. The van der Waals surface area contributed by atoms with Crippen molar-refractivity contribution < 1.29 is 80.2 Å². The number of carbonyl (C=O) groups excluding carboxylic acids is 4. The van der Waals surface area contributed by atoms with E-state index in [1.165, 1.54) is 244 Å². The van der Waals surface area contributed by atoms with Gasteiger partial charge in [-0.2, -0.15) is 0 Å². The van der Waals surface area contributed by atoms with Crippen molar-refractivity contribution in [1.29, 1.82) is 0 Å². The summed E-state index contributed by atoms with van der Waals surface area (Å²) < 4.78 is 68.7. The number of phosphoric ester groups is 2. The van der Waals surface area contributed by atoms with Gasteiger partial charge in [0.15, 0.2) is 12.2 Å². The van der Waals surface area contributed by atoms with Crippen LogP contribution in [0, 0.1) is 11.8 Å². The van der Waals surface area contributed by atoms with Gasteiger partial charge in [0, 0.05) is 25.7 Å². The molecule has 0 aliphatic carbocycles. The van der Waals surface area contributed by atoms with Crippen molar-refractivity contribution in [3.05, 3.63) is 0 Å². The molecule has 19 heteroatoms. The van der Waals surface area contributed by atoms with Crippen molar-refractivity contribution >= 4 is 39.5 Å². The van der Waals surface area contributed by atoms with E-state index in [2.05, 4.69) is 41.5 Å². The molecule has 0 aliphatic rings. The van der Waals surface area contributed by atoms with E-state index < -0.39 is 97.5 Å². The third-order valence-corrected chi connectivity index (χ3v) is 21.5. The monoisotopic (exact) mass is 1480 g/mol. The molecule has 0 amide bonds. The molecule has 0 saturated heterocycles. The van der Waals surface area contributed by atoms with Crippen molar-refractivity contribution in [2.75, 3.05) is 39.6 Å². The molecule has 101 heavy (non-hydrogen) atoms. The first-order valence-electron chi connectivity index (χ1n) is 42.5. The standard InChI is InChI=1S/C82H160O17P2/c1-7-10-12-14-16-18-20-22-24-26-28-29-31-33-35-37-39-41-46-54-60-66-81(86)98-77(70-92-79(84)64-58-52-45-40-38-36-34-32-30-27-25-23-21-19-17-15-13-11-8-2)72-96-100(88,89)94-68-76(83)69-95-101(90,91)97-73-78(71-93-80(85)65-59-53-49-48-51-57-63-75(6)9-3)99-82(87)67-61-55-47-43-42-44-50-56-62-74(4)5/h74-78,83H,7-73H2,1-6H3,(H,88,89)(H,90,91)/t75?,76-,77-,78-/m1/s1. The Labute approximate surface area is 619 Å². The van der Waals surface area contributed by atoms with E-state index in [1.54, 1.807) is 0 Å². The van der Waals surface area contributed by atoms with Crippen molar-refractivity contribution in [1.82, 2.24) is 0 Å². The molecule has 600 valence electrons.